The molecule has 236 valence electrons. The van der Waals surface area contributed by atoms with Crippen molar-refractivity contribution in [3.05, 3.63) is 24.3 Å². The van der Waals surface area contributed by atoms with Crippen molar-refractivity contribution in [1.82, 2.24) is 0 Å². The van der Waals surface area contributed by atoms with E-state index in [0.717, 1.165) is 19.3 Å². The number of allylic oxidation sites excluding steroid dienone is 4. The molecule has 0 bridgehead atoms. The molecule has 0 amide bonds. The van der Waals surface area contributed by atoms with Gasteiger partial charge in [-0.05, 0) is 57.8 Å². The van der Waals surface area contributed by atoms with Crippen LogP contribution in [0.3, 0.4) is 0 Å². The van der Waals surface area contributed by atoms with Crippen LogP contribution in [0.15, 0.2) is 24.3 Å². The molecule has 2 nitrogen and oxygen atoms in total. The monoisotopic (exact) mass is 561 g/mol. The van der Waals surface area contributed by atoms with Crippen molar-refractivity contribution in [3.8, 4) is 0 Å². The molecule has 0 radical (unpaired) electrons. The van der Waals surface area contributed by atoms with E-state index in [9.17, 15) is 4.79 Å². The second-order valence-electron chi connectivity index (χ2n) is 12.3. The molecule has 0 saturated heterocycles. The van der Waals surface area contributed by atoms with E-state index >= 15 is 0 Å². The second kappa shape index (κ2) is 36.0. The zero-order valence-corrected chi connectivity index (χ0v) is 27.5. The Kier molecular flexibility index (Phi) is 35.0. The quantitative estimate of drug-likeness (QED) is 0.0444. The van der Waals surface area contributed by atoms with E-state index < -0.39 is 0 Å². The number of hydrogen-bond acceptors (Lipinski definition) is 2. The van der Waals surface area contributed by atoms with Crippen LogP contribution in [0.5, 0.6) is 0 Å². The summed E-state index contributed by atoms with van der Waals surface area (Å²) in [6.45, 7) is 5.23. The SMILES string of the molecule is CCCCCC=CCC=CCCCCCCCCC(CCCCCCCCCCCCCCCCCC)OC=O. The third-order valence-electron chi connectivity index (χ3n) is 8.35. The van der Waals surface area contributed by atoms with E-state index in [-0.39, 0.29) is 6.10 Å². The smallest absolute Gasteiger partial charge is 0.293 e. The lowest BCUT2D eigenvalue weighted by atomic mass is 10.0. The van der Waals surface area contributed by atoms with Gasteiger partial charge >= 0.3 is 0 Å². The Balaban J connectivity index is 3.43. The van der Waals surface area contributed by atoms with Crippen LogP contribution in [0.4, 0.5) is 0 Å². The lowest BCUT2D eigenvalue weighted by Gasteiger charge is -2.15. The average molecular weight is 561 g/mol. The number of carbonyl (C=O) groups excluding carboxylic acids is 1. The van der Waals surface area contributed by atoms with Gasteiger partial charge in [0.2, 0.25) is 0 Å². The van der Waals surface area contributed by atoms with E-state index in [0.29, 0.717) is 6.47 Å². The molecule has 2 heteroatoms. The van der Waals surface area contributed by atoms with Gasteiger partial charge in [0.15, 0.2) is 0 Å². The first-order chi connectivity index (χ1) is 19.8. The molecule has 0 aliphatic carbocycles. The molecule has 0 aromatic rings. The Morgan fingerprint density at radius 3 is 1.15 bits per heavy atom. The first-order valence-corrected chi connectivity index (χ1v) is 18.2. The van der Waals surface area contributed by atoms with Gasteiger partial charge in [-0.1, -0.05) is 173 Å². The van der Waals surface area contributed by atoms with Crippen molar-refractivity contribution in [1.29, 1.82) is 0 Å². The molecule has 0 fully saturated rings. The first kappa shape index (κ1) is 39.0. The van der Waals surface area contributed by atoms with Crippen molar-refractivity contribution < 1.29 is 9.53 Å². The van der Waals surface area contributed by atoms with E-state index in [1.165, 1.54) is 173 Å². The molecule has 40 heavy (non-hydrogen) atoms. The third-order valence-corrected chi connectivity index (χ3v) is 8.35. The summed E-state index contributed by atoms with van der Waals surface area (Å²) in [4.78, 5) is 10.9. The summed E-state index contributed by atoms with van der Waals surface area (Å²) in [6, 6.07) is 0. The molecule has 0 N–H and O–H groups in total. The van der Waals surface area contributed by atoms with Gasteiger partial charge in [-0.2, -0.15) is 0 Å². The molecule has 0 aliphatic rings. The van der Waals surface area contributed by atoms with Crippen LogP contribution < -0.4 is 0 Å². The molecule has 1 atom stereocenters. The maximum absolute atomic E-state index is 10.9. The highest BCUT2D eigenvalue weighted by molar-refractivity contribution is 5.37. The van der Waals surface area contributed by atoms with Crippen molar-refractivity contribution in [2.45, 2.75) is 213 Å². The van der Waals surface area contributed by atoms with Crippen molar-refractivity contribution in [2.24, 2.45) is 0 Å². The van der Waals surface area contributed by atoms with Crippen molar-refractivity contribution in [2.75, 3.05) is 0 Å². The van der Waals surface area contributed by atoms with Gasteiger partial charge < -0.3 is 4.74 Å². The van der Waals surface area contributed by atoms with Gasteiger partial charge in [0, 0.05) is 0 Å². The van der Waals surface area contributed by atoms with Crippen LogP contribution in [0, 0.1) is 0 Å². The van der Waals surface area contributed by atoms with Crippen LogP contribution in [0.2, 0.25) is 0 Å². The fourth-order valence-electron chi connectivity index (χ4n) is 5.64. The summed E-state index contributed by atoms with van der Waals surface area (Å²) in [5.41, 5.74) is 0. The van der Waals surface area contributed by atoms with Crippen LogP contribution in [0.1, 0.15) is 206 Å². The predicted octanol–water partition coefficient (Wildman–Crippen LogP) is 13.4. The van der Waals surface area contributed by atoms with Crippen LogP contribution in [0.25, 0.3) is 0 Å². The summed E-state index contributed by atoms with van der Waals surface area (Å²) in [6.07, 6.45) is 49.3. The van der Waals surface area contributed by atoms with Crippen LogP contribution >= 0.6 is 0 Å². The van der Waals surface area contributed by atoms with Crippen molar-refractivity contribution in [3.63, 3.8) is 0 Å². The van der Waals surface area contributed by atoms with Gasteiger partial charge in [0.25, 0.3) is 6.47 Å². The second-order valence-corrected chi connectivity index (χ2v) is 12.3. The van der Waals surface area contributed by atoms with Gasteiger partial charge in [0.05, 0.1) is 0 Å². The Bertz CT molecular complexity index is 524. The molecule has 0 aromatic carbocycles. The Morgan fingerprint density at radius 2 is 0.750 bits per heavy atom. The molecule has 0 saturated carbocycles. The molecular weight excluding hydrogens is 488 g/mol. The highest BCUT2D eigenvalue weighted by atomic mass is 16.5. The van der Waals surface area contributed by atoms with Crippen molar-refractivity contribution >= 4 is 6.47 Å². The van der Waals surface area contributed by atoms with Gasteiger partial charge in [-0.3, -0.25) is 4.79 Å². The molecule has 0 rings (SSSR count). The largest absolute Gasteiger partial charge is 0.465 e. The number of unbranched alkanes of at least 4 members (excludes halogenated alkanes) is 24. The minimum Gasteiger partial charge on any atom is -0.465 e. The molecule has 0 heterocycles. The van der Waals surface area contributed by atoms with E-state index in [1.807, 2.05) is 0 Å². The molecule has 0 aromatic heterocycles. The van der Waals surface area contributed by atoms with Crippen LogP contribution in [-0.4, -0.2) is 12.6 Å². The lowest BCUT2D eigenvalue weighted by Crippen LogP contribution is -2.12. The zero-order valence-electron chi connectivity index (χ0n) is 27.5. The van der Waals surface area contributed by atoms with E-state index in [4.69, 9.17) is 4.74 Å². The van der Waals surface area contributed by atoms with E-state index in [2.05, 4.69) is 38.2 Å². The average Bonchev–Trinajstić information content (AvgIpc) is 2.96. The molecule has 0 aliphatic heterocycles. The third kappa shape index (κ3) is 33.2. The summed E-state index contributed by atoms with van der Waals surface area (Å²) >= 11 is 0. The normalized spacial score (nSPS) is 12.6. The van der Waals surface area contributed by atoms with Gasteiger partial charge in [-0.25, -0.2) is 0 Å². The number of carbonyl (C=O) groups is 1. The minimum atomic E-state index is 0.148. The molecule has 0 spiro atoms. The lowest BCUT2D eigenvalue weighted by molar-refractivity contribution is -0.134. The summed E-state index contributed by atoms with van der Waals surface area (Å²) in [5, 5.41) is 0. The number of rotatable bonds is 34. The maximum Gasteiger partial charge on any atom is 0.293 e. The fourth-order valence-corrected chi connectivity index (χ4v) is 5.64. The first-order valence-electron chi connectivity index (χ1n) is 18.2. The molecular formula is C38H72O2. The summed E-state index contributed by atoms with van der Waals surface area (Å²) in [7, 11) is 0. The predicted molar refractivity (Wildman–Crippen MR) is 179 cm³/mol. The highest BCUT2D eigenvalue weighted by Gasteiger charge is 2.08. The summed E-state index contributed by atoms with van der Waals surface area (Å²) < 4.78 is 5.40. The van der Waals surface area contributed by atoms with E-state index in [1.54, 1.807) is 0 Å². The summed E-state index contributed by atoms with van der Waals surface area (Å²) in [5.74, 6) is 0. The number of ether oxygens (including phenoxy) is 1. The van der Waals surface area contributed by atoms with Crippen LogP contribution in [-0.2, 0) is 9.53 Å². The Morgan fingerprint density at radius 1 is 0.425 bits per heavy atom. The highest BCUT2D eigenvalue weighted by Crippen LogP contribution is 2.17. The molecule has 1 unspecified atom stereocenters. The fraction of sp³-hybridized carbons (Fsp3) is 0.868. The Labute approximate surface area is 252 Å². The minimum absolute atomic E-state index is 0.148. The van der Waals surface area contributed by atoms with Gasteiger partial charge in [0.1, 0.15) is 6.10 Å². The zero-order chi connectivity index (χ0) is 29.0. The van der Waals surface area contributed by atoms with Gasteiger partial charge in [-0.15, -0.1) is 0 Å². The Hall–Kier alpha value is -1.05. The number of hydrogen-bond donors (Lipinski definition) is 0. The standard InChI is InChI=1S/C38H72O2/c1-3-5-7-9-11-13-15-17-19-21-23-25-27-29-31-33-35-38(40-37-39)36-34-32-30-28-26-24-22-20-18-16-14-12-10-8-6-4-2/h11,13,17,19,37-38H,3-10,12,14-16,18,20-36H2,1-2H3. The maximum atomic E-state index is 10.9. The topological polar surface area (TPSA) is 26.3 Å².